The summed E-state index contributed by atoms with van der Waals surface area (Å²) in [5.41, 5.74) is 1.45. The first-order valence-corrected chi connectivity index (χ1v) is 8.80. The Hall–Kier alpha value is -1.39. The fraction of sp³-hybridized carbons (Fsp3) is 0.632. The fourth-order valence-electron chi connectivity index (χ4n) is 3.79. The smallest absolute Gasteiger partial charge is 0.246 e. The van der Waals surface area contributed by atoms with Crippen molar-refractivity contribution >= 4 is 5.91 Å². The van der Waals surface area contributed by atoms with Gasteiger partial charge in [0.25, 0.3) is 0 Å². The van der Waals surface area contributed by atoms with Crippen molar-refractivity contribution in [3.63, 3.8) is 0 Å². The lowest BCUT2D eigenvalue weighted by atomic mass is 9.79. The second kappa shape index (κ2) is 7.93. The minimum absolute atomic E-state index is 0.0230. The summed E-state index contributed by atoms with van der Waals surface area (Å²) in [6.07, 6.45) is 7.08. The highest BCUT2D eigenvalue weighted by atomic mass is 16.5. The number of amides is 1. The van der Waals surface area contributed by atoms with Crippen LogP contribution in [0.2, 0.25) is 0 Å². The summed E-state index contributed by atoms with van der Waals surface area (Å²) in [6, 6.07) is 10.6. The second-order valence-electron chi connectivity index (χ2n) is 6.78. The molecule has 23 heavy (non-hydrogen) atoms. The van der Waals surface area contributed by atoms with Crippen LogP contribution in [0.4, 0.5) is 0 Å². The topological polar surface area (TPSA) is 47.6 Å². The summed E-state index contributed by atoms with van der Waals surface area (Å²) in [4.78, 5) is 12.1. The summed E-state index contributed by atoms with van der Waals surface area (Å²) in [7, 11) is 0. The van der Waals surface area contributed by atoms with Crippen LogP contribution in [-0.4, -0.2) is 38.4 Å². The molecule has 4 nitrogen and oxygen atoms in total. The van der Waals surface area contributed by atoms with Gasteiger partial charge in [-0.05, 0) is 31.2 Å². The van der Waals surface area contributed by atoms with Crippen molar-refractivity contribution in [1.29, 1.82) is 0 Å². The minimum Gasteiger partial charge on any atom is -0.376 e. The molecule has 1 atom stereocenters. The molecule has 1 amide bonds. The quantitative estimate of drug-likeness (QED) is 0.841. The van der Waals surface area contributed by atoms with Gasteiger partial charge in [-0.25, -0.2) is 0 Å². The molecule has 1 aromatic rings. The maximum Gasteiger partial charge on any atom is 0.246 e. The van der Waals surface area contributed by atoms with E-state index in [0.717, 1.165) is 32.3 Å². The zero-order valence-corrected chi connectivity index (χ0v) is 13.8. The highest BCUT2D eigenvalue weighted by molar-refractivity contribution is 5.77. The first-order chi connectivity index (χ1) is 11.3. The van der Waals surface area contributed by atoms with Gasteiger partial charge in [-0.15, -0.1) is 0 Å². The van der Waals surface area contributed by atoms with E-state index in [-0.39, 0.29) is 24.0 Å². The summed E-state index contributed by atoms with van der Waals surface area (Å²) >= 11 is 0. The molecule has 0 aromatic heterocycles. The Morgan fingerprint density at radius 1 is 1.22 bits per heavy atom. The van der Waals surface area contributed by atoms with Gasteiger partial charge in [-0.3, -0.25) is 4.79 Å². The van der Waals surface area contributed by atoms with Crippen LogP contribution in [0, 0.1) is 0 Å². The minimum atomic E-state index is -0.0230. The predicted octanol–water partition coefficient (Wildman–Crippen LogP) is 2.81. The van der Waals surface area contributed by atoms with E-state index in [9.17, 15) is 4.79 Å². The molecule has 3 rings (SSSR count). The lowest BCUT2D eigenvalue weighted by Gasteiger charge is -2.30. The van der Waals surface area contributed by atoms with Crippen molar-refractivity contribution in [2.45, 2.75) is 50.0 Å². The average molecular weight is 317 g/mol. The SMILES string of the molecule is O=C(COCC1CCCO1)NCC1(c2ccccc2)CCCC1. The molecule has 1 saturated heterocycles. The lowest BCUT2D eigenvalue weighted by Crippen LogP contribution is -2.40. The summed E-state index contributed by atoms with van der Waals surface area (Å²) < 4.78 is 11.0. The number of rotatable bonds is 7. The number of benzene rings is 1. The van der Waals surface area contributed by atoms with E-state index in [1.807, 2.05) is 6.07 Å². The monoisotopic (exact) mass is 317 g/mol. The highest BCUT2D eigenvalue weighted by Gasteiger charge is 2.35. The number of carbonyl (C=O) groups is 1. The number of ether oxygens (including phenoxy) is 2. The molecular weight excluding hydrogens is 290 g/mol. The molecule has 1 saturated carbocycles. The third kappa shape index (κ3) is 4.33. The van der Waals surface area contributed by atoms with Crippen molar-refractivity contribution in [2.75, 3.05) is 26.4 Å². The molecule has 2 fully saturated rings. The third-order valence-electron chi connectivity index (χ3n) is 5.13. The van der Waals surface area contributed by atoms with Gasteiger partial charge in [0.05, 0.1) is 12.7 Å². The Kier molecular flexibility index (Phi) is 5.68. The fourth-order valence-corrected chi connectivity index (χ4v) is 3.79. The molecule has 1 aromatic carbocycles. The second-order valence-corrected chi connectivity index (χ2v) is 6.78. The van der Waals surface area contributed by atoms with E-state index >= 15 is 0 Å². The maximum absolute atomic E-state index is 12.1. The lowest BCUT2D eigenvalue weighted by molar-refractivity contribution is -0.127. The van der Waals surface area contributed by atoms with Gasteiger partial charge in [0, 0.05) is 18.6 Å². The molecule has 0 spiro atoms. The van der Waals surface area contributed by atoms with Crippen LogP contribution in [0.15, 0.2) is 30.3 Å². The summed E-state index contributed by atoms with van der Waals surface area (Å²) in [5, 5.41) is 3.08. The molecule has 0 bridgehead atoms. The highest BCUT2D eigenvalue weighted by Crippen LogP contribution is 2.40. The molecular formula is C19H27NO3. The van der Waals surface area contributed by atoms with E-state index < -0.39 is 0 Å². The summed E-state index contributed by atoms with van der Waals surface area (Å²) in [6.45, 7) is 2.18. The molecule has 0 radical (unpaired) electrons. The van der Waals surface area contributed by atoms with E-state index in [1.54, 1.807) is 0 Å². The number of hydrogen-bond donors (Lipinski definition) is 1. The molecule has 1 N–H and O–H groups in total. The zero-order chi connectivity index (χ0) is 16.0. The van der Waals surface area contributed by atoms with Gasteiger partial charge in [0.2, 0.25) is 5.91 Å². The van der Waals surface area contributed by atoms with Gasteiger partial charge in [-0.2, -0.15) is 0 Å². The van der Waals surface area contributed by atoms with Crippen LogP contribution in [-0.2, 0) is 19.7 Å². The van der Waals surface area contributed by atoms with Gasteiger partial charge < -0.3 is 14.8 Å². The molecule has 1 unspecified atom stereocenters. The first-order valence-electron chi connectivity index (χ1n) is 8.80. The van der Waals surface area contributed by atoms with Gasteiger partial charge in [0.1, 0.15) is 6.61 Å². The van der Waals surface area contributed by atoms with Crippen molar-refractivity contribution in [3.05, 3.63) is 35.9 Å². The third-order valence-corrected chi connectivity index (χ3v) is 5.13. The normalized spacial score (nSPS) is 23.0. The average Bonchev–Trinajstić information content (AvgIpc) is 3.26. The van der Waals surface area contributed by atoms with Gasteiger partial charge >= 0.3 is 0 Å². The molecule has 2 aliphatic rings. The molecule has 1 heterocycles. The largest absolute Gasteiger partial charge is 0.376 e. The van der Waals surface area contributed by atoms with Crippen molar-refractivity contribution in [1.82, 2.24) is 5.32 Å². The Morgan fingerprint density at radius 2 is 2.00 bits per heavy atom. The number of nitrogens with one attached hydrogen (secondary N) is 1. The van der Waals surface area contributed by atoms with E-state index in [0.29, 0.717) is 13.2 Å². The van der Waals surface area contributed by atoms with Crippen LogP contribution >= 0.6 is 0 Å². The predicted molar refractivity (Wildman–Crippen MR) is 89.4 cm³/mol. The Bertz CT molecular complexity index is 491. The van der Waals surface area contributed by atoms with Crippen LogP contribution in [0.5, 0.6) is 0 Å². The Labute approximate surface area is 138 Å². The standard InChI is InChI=1S/C19H27NO3/c21-18(14-22-13-17-9-6-12-23-17)20-15-19(10-4-5-11-19)16-7-2-1-3-8-16/h1-3,7-8,17H,4-6,9-15H2,(H,20,21). The van der Waals surface area contributed by atoms with E-state index in [2.05, 4.69) is 29.6 Å². The Morgan fingerprint density at radius 3 is 2.70 bits per heavy atom. The zero-order valence-electron chi connectivity index (χ0n) is 13.8. The van der Waals surface area contributed by atoms with E-state index in [4.69, 9.17) is 9.47 Å². The first kappa shape index (κ1) is 16.5. The van der Waals surface area contributed by atoms with Gasteiger partial charge in [0.15, 0.2) is 0 Å². The van der Waals surface area contributed by atoms with E-state index in [1.165, 1.54) is 18.4 Å². The Balaban J connectivity index is 1.46. The van der Waals surface area contributed by atoms with Crippen LogP contribution in [0.25, 0.3) is 0 Å². The molecule has 4 heteroatoms. The maximum atomic E-state index is 12.1. The number of hydrogen-bond acceptors (Lipinski definition) is 3. The van der Waals surface area contributed by atoms with Crippen LogP contribution in [0.3, 0.4) is 0 Å². The van der Waals surface area contributed by atoms with Gasteiger partial charge in [-0.1, -0.05) is 43.2 Å². The van der Waals surface area contributed by atoms with Crippen molar-refractivity contribution < 1.29 is 14.3 Å². The van der Waals surface area contributed by atoms with Crippen LogP contribution in [0.1, 0.15) is 44.1 Å². The van der Waals surface area contributed by atoms with Crippen LogP contribution < -0.4 is 5.32 Å². The molecule has 1 aliphatic heterocycles. The molecule has 1 aliphatic carbocycles. The summed E-state index contributed by atoms with van der Waals surface area (Å²) in [5.74, 6) is -0.0230. The molecule has 126 valence electrons. The van der Waals surface area contributed by atoms with Crippen molar-refractivity contribution in [2.24, 2.45) is 0 Å². The number of carbonyl (C=O) groups excluding carboxylic acids is 1. The van der Waals surface area contributed by atoms with Crippen molar-refractivity contribution in [3.8, 4) is 0 Å².